The SMILES string of the molecule is COC1C(O[P+](=O)S)C(CO)OC1n1cnc2c(=O)[nH]c(N)nc21. The van der Waals surface area contributed by atoms with Gasteiger partial charge in [0, 0.05) is 7.11 Å². The molecule has 1 fully saturated rings. The van der Waals surface area contributed by atoms with Crippen LogP contribution in [0.25, 0.3) is 11.2 Å². The number of aromatic amines is 1. The number of nitrogen functional groups attached to an aromatic ring is 1. The first-order chi connectivity index (χ1) is 11.5. The molecule has 5 unspecified atom stereocenters. The van der Waals surface area contributed by atoms with Crippen LogP contribution >= 0.6 is 19.5 Å². The fraction of sp³-hybridized carbons (Fsp3) is 0.545. The van der Waals surface area contributed by atoms with Crippen molar-refractivity contribution < 1.29 is 23.7 Å². The molecule has 1 aliphatic heterocycles. The van der Waals surface area contributed by atoms with Crippen LogP contribution in [-0.4, -0.2) is 56.7 Å². The summed E-state index contributed by atoms with van der Waals surface area (Å²) in [6.07, 6.45) is -1.85. The summed E-state index contributed by atoms with van der Waals surface area (Å²) in [6, 6.07) is 0. The van der Waals surface area contributed by atoms with E-state index in [-0.39, 0.29) is 23.7 Å². The van der Waals surface area contributed by atoms with Crippen molar-refractivity contribution >= 4 is 36.6 Å². The summed E-state index contributed by atoms with van der Waals surface area (Å²) in [5, 5.41) is 9.48. The predicted molar refractivity (Wildman–Crippen MR) is 85.8 cm³/mol. The highest BCUT2D eigenvalue weighted by Crippen LogP contribution is 2.40. The predicted octanol–water partition coefficient (Wildman–Crippen LogP) is -0.421. The van der Waals surface area contributed by atoms with Crippen LogP contribution < -0.4 is 11.3 Å². The Morgan fingerprint density at radius 2 is 2.33 bits per heavy atom. The summed E-state index contributed by atoms with van der Waals surface area (Å²) in [5.74, 6) is -0.0776. The van der Waals surface area contributed by atoms with Gasteiger partial charge in [0.25, 0.3) is 5.56 Å². The van der Waals surface area contributed by atoms with E-state index < -0.39 is 37.3 Å². The molecular formula is C11H15N5O6PS+. The Hall–Kier alpha value is -1.56. The van der Waals surface area contributed by atoms with E-state index in [1.807, 2.05) is 0 Å². The lowest BCUT2D eigenvalue weighted by molar-refractivity contribution is -0.0583. The fourth-order valence-electron chi connectivity index (χ4n) is 2.69. The number of aliphatic hydroxyl groups is 1. The van der Waals surface area contributed by atoms with Gasteiger partial charge in [0.15, 0.2) is 23.5 Å². The quantitative estimate of drug-likeness (QED) is 0.402. The Labute approximate surface area is 141 Å². The average molecular weight is 376 g/mol. The van der Waals surface area contributed by atoms with E-state index in [0.717, 1.165) is 0 Å². The number of fused-ring (bicyclic) bond motifs is 1. The topological polar surface area (TPSA) is 155 Å². The largest absolute Gasteiger partial charge is 0.582 e. The minimum absolute atomic E-state index is 0.0767. The van der Waals surface area contributed by atoms with E-state index in [1.165, 1.54) is 18.0 Å². The number of thiol groups is 1. The van der Waals surface area contributed by atoms with E-state index >= 15 is 0 Å². The van der Waals surface area contributed by atoms with Crippen LogP contribution in [0.3, 0.4) is 0 Å². The van der Waals surface area contributed by atoms with E-state index in [4.69, 9.17) is 19.7 Å². The minimum Gasteiger partial charge on any atom is -0.394 e. The number of methoxy groups -OCH3 is 1. The highest BCUT2D eigenvalue weighted by Gasteiger charge is 2.50. The molecule has 2 aromatic rings. The molecule has 0 spiro atoms. The summed E-state index contributed by atoms with van der Waals surface area (Å²) in [4.78, 5) is 22.3. The van der Waals surface area contributed by atoms with Gasteiger partial charge in [-0.1, -0.05) is 0 Å². The number of nitrogens with one attached hydrogen (secondary N) is 1. The van der Waals surface area contributed by atoms with Crippen LogP contribution in [0.4, 0.5) is 5.95 Å². The lowest BCUT2D eigenvalue weighted by Crippen LogP contribution is -2.35. The number of aliphatic hydroxyl groups excluding tert-OH is 1. The van der Waals surface area contributed by atoms with Crippen LogP contribution in [-0.2, 0) is 18.6 Å². The van der Waals surface area contributed by atoms with Gasteiger partial charge in [-0.15, -0.1) is 4.52 Å². The van der Waals surface area contributed by atoms with E-state index in [1.54, 1.807) is 0 Å². The zero-order valence-corrected chi connectivity index (χ0v) is 14.2. The molecular weight excluding hydrogens is 361 g/mol. The first-order valence-electron chi connectivity index (χ1n) is 6.80. The third-order valence-corrected chi connectivity index (χ3v) is 4.38. The second-order valence-electron chi connectivity index (χ2n) is 5.03. The number of nitrogens with two attached hydrogens (primary N) is 1. The normalized spacial score (nSPS) is 27.7. The highest BCUT2D eigenvalue weighted by atomic mass is 32.7. The molecule has 1 aliphatic rings. The zero-order chi connectivity index (χ0) is 17.4. The summed E-state index contributed by atoms with van der Waals surface area (Å²) in [7, 11) is -0.827. The number of nitrogens with zero attached hydrogens (tertiary/aromatic N) is 3. The van der Waals surface area contributed by atoms with Crippen LogP contribution in [0, 0.1) is 0 Å². The van der Waals surface area contributed by atoms with Gasteiger partial charge in [-0.05, 0) is 4.57 Å². The van der Waals surface area contributed by atoms with Crippen LogP contribution in [0.2, 0.25) is 0 Å². The molecule has 0 radical (unpaired) electrons. The number of hydrogen-bond donors (Lipinski definition) is 4. The molecule has 0 saturated carbocycles. The van der Waals surface area contributed by atoms with Crippen LogP contribution in [0.15, 0.2) is 11.1 Å². The molecule has 0 aliphatic carbocycles. The van der Waals surface area contributed by atoms with Crippen LogP contribution in [0.1, 0.15) is 6.23 Å². The number of ether oxygens (including phenoxy) is 2. The minimum atomic E-state index is -2.24. The smallest absolute Gasteiger partial charge is 0.394 e. The van der Waals surface area contributed by atoms with Gasteiger partial charge in [-0.3, -0.25) is 14.3 Å². The van der Waals surface area contributed by atoms with Crippen molar-refractivity contribution in [3.8, 4) is 0 Å². The van der Waals surface area contributed by atoms with Crippen molar-refractivity contribution in [1.29, 1.82) is 0 Å². The molecule has 3 heterocycles. The Balaban J connectivity index is 2.05. The molecule has 0 bridgehead atoms. The number of imidazole rings is 1. The molecule has 24 heavy (non-hydrogen) atoms. The maximum atomic E-state index is 11.9. The third kappa shape index (κ3) is 2.92. The number of anilines is 1. The Morgan fingerprint density at radius 3 is 2.96 bits per heavy atom. The monoisotopic (exact) mass is 376 g/mol. The Morgan fingerprint density at radius 1 is 1.58 bits per heavy atom. The van der Waals surface area contributed by atoms with Crippen molar-refractivity contribution in [1.82, 2.24) is 19.5 Å². The molecule has 11 nitrogen and oxygen atoms in total. The summed E-state index contributed by atoms with van der Waals surface area (Å²) in [5.41, 5.74) is 5.35. The zero-order valence-electron chi connectivity index (χ0n) is 12.4. The van der Waals surface area contributed by atoms with Crippen molar-refractivity contribution in [2.45, 2.75) is 24.5 Å². The Kier molecular flexibility index (Phi) is 4.85. The van der Waals surface area contributed by atoms with Gasteiger partial charge in [0.1, 0.15) is 24.5 Å². The maximum Gasteiger partial charge on any atom is 0.582 e. The molecule has 4 N–H and O–H groups in total. The van der Waals surface area contributed by atoms with Crippen molar-refractivity contribution in [2.24, 2.45) is 0 Å². The maximum absolute atomic E-state index is 11.9. The summed E-state index contributed by atoms with van der Waals surface area (Å²) >= 11 is 3.72. The number of hydrogen-bond acceptors (Lipinski definition) is 9. The second kappa shape index (κ2) is 6.75. The first kappa shape index (κ1) is 17.3. The fourth-order valence-corrected chi connectivity index (χ4v) is 3.48. The molecule has 5 atom stereocenters. The van der Waals surface area contributed by atoms with E-state index in [0.29, 0.717) is 0 Å². The lowest BCUT2D eigenvalue weighted by Gasteiger charge is -2.19. The van der Waals surface area contributed by atoms with Gasteiger partial charge in [0.2, 0.25) is 5.95 Å². The lowest BCUT2D eigenvalue weighted by atomic mass is 10.1. The Bertz CT molecular complexity index is 827. The number of rotatable bonds is 5. The molecule has 3 rings (SSSR count). The highest BCUT2D eigenvalue weighted by molar-refractivity contribution is 8.39. The van der Waals surface area contributed by atoms with Gasteiger partial charge < -0.3 is 20.3 Å². The second-order valence-corrected chi connectivity index (χ2v) is 6.70. The molecule has 130 valence electrons. The van der Waals surface area contributed by atoms with Crippen molar-refractivity contribution in [3.63, 3.8) is 0 Å². The summed E-state index contributed by atoms with van der Waals surface area (Å²) in [6.45, 7) is -0.388. The van der Waals surface area contributed by atoms with E-state index in [9.17, 15) is 14.5 Å². The van der Waals surface area contributed by atoms with Gasteiger partial charge >= 0.3 is 7.23 Å². The molecule has 13 heteroatoms. The van der Waals surface area contributed by atoms with Crippen molar-refractivity contribution in [3.05, 3.63) is 16.7 Å². The summed E-state index contributed by atoms with van der Waals surface area (Å²) < 4.78 is 29.1. The third-order valence-electron chi connectivity index (χ3n) is 3.67. The average Bonchev–Trinajstić information content (AvgIpc) is 3.07. The van der Waals surface area contributed by atoms with Gasteiger partial charge in [0.05, 0.1) is 12.9 Å². The molecule has 0 aromatic carbocycles. The van der Waals surface area contributed by atoms with Crippen LogP contribution in [0.5, 0.6) is 0 Å². The number of aromatic nitrogens is 4. The van der Waals surface area contributed by atoms with Gasteiger partial charge in [-0.25, -0.2) is 4.98 Å². The first-order valence-corrected chi connectivity index (χ1v) is 9.13. The van der Waals surface area contributed by atoms with E-state index in [2.05, 4.69) is 27.2 Å². The number of H-pyrrole nitrogens is 1. The molecule has 1 saturated heterocycles. The molecule has 0 amide bonds. The van der Waals surface area contributed by atoms with Crippen molar-refractivity contribution in [2.75, 3.05) is 19.5 Å². The standard InChI is InChI=1S/C11H14N5O6PS/c1-20-7-6(22-23(19)24)4(2-17)21-10(7)16-3-13-5-8(16)14-11(12)15-9(5)18/h3-4,6-7,10,17H,2H2,1H3,(H3-,12,14,15,18,19,24)/p+1. The molecule has 2 aromatic heterocycles. The van der Waals surface area contributed by atoms with Gasteiger partial charge in [-0.2, -0.15) is 4.98 Å².